The second-order valence-electron chi connectivity index (χ2n) is 4.52. The number of nitro benzene ring substituents is 1. The fourth-order valence-electron chi connectivity index (χ4n) is 2.00. The summed E-state index contributed by atoms with van der Waals surface area (Å²) in [7, 11) is 1.46. The van der Waals surface area contributed by atoms with Crippen LogP contribution < -0.4 is 4.74 Å². The third-order valence-corrected chi connectivity index (χ3v) is 3.31. The van der Waals surface area contributed by atoms with Crippen molar-refractivity contribution in [1.29, 1.82) is 0 Å². The molecule has 0 aromatic heterocycles. The number of carboxylic acid groups (broad SMARTS) is 1. The highest BCUT2D eigenvalue weighted by molar-refractivity contribution is 5.78. The zero-order valence-electron chi connectivity index (χ0n) is 9.88. The highest BCUT2D eigenvalue weighted by atomic mass is 16.6. The van der Waals surface area contributed by atoms with Gasteiger partial charge in [0.1, 0.15) is 5.75 Å². The highest BCUT2D eigenvalue weighted by Crippen LogP contribution is 2.49. The standard InChI is InChI=1S/C12H13NO5/c1-18-10-3-2-9(13(16)17)6-8(10)7-12(4-5-12)11(14)15/h2-3,6H,4-5,7H2,1H3,(H,14,15). The van der Waals surface area contributed by atoms with Crippen LogP contribution in [0.4, 0.5) is 5.69 Å². The van der Waals surface area contributed by atoms with E-state index in [1.165, 1.54) is 25.3 Å². The van der Waals surface area contributed by atoms with Gasteiger partial charge in [0.15, 0.2) is 0 Å². The third-order valence-electron chi connectivity index (χ3n) is 3.31. The summed E-state index contributed by atoms with van der Waals surface area (Å²) in [4.78, 5) is 21.4. The summed E-state index contributed by atoms with van der Waals surface area (Å²) in [6.45, 7) is 0. The van der Waals surface area contributed by atoms with E-state index in [1.807, 2.05) is 0 Å². The van der Waals surface area contributed by atoms with Crippen LogP contribution in [0.15, 0.2) is 18.2 Å². The largest absolute Gasteiger partial charge is 0.496 e. The Morgan fingerprint density at radius 3 is 2.67 bits per heavy atom. The molecule has 1 saturated carbocycles. The van der Waals surface area contributed by atoms with Gasteiger partial charge in [-0.2, -0.15) is 0 Å². The van der Waals surface area contributed by atoms with Crippen molar-refractivity contribution in [3.63, 3.8) is 0 Å². The molecule has 0 radical (unpaired) electrons. The number of carboxylic acids is 1. The zero-order chi connectivity index (χ0) is 13.3. The summed E-state index contributed by atoms with van der Waals surface area (Å²) in [5.41, 5.74) is -0.235. The fourth-order valence-corrected chi connectivity index (χ4v) is 2.00. The number of non-ortho nitro benzene ring substituents is 1. The molecular formula is C12H13NO5. The Kier molecular flexibility index (Phi) is 2.94. The van der Waals surface area contributed by atoms with Crippen LogP contribution in [0.3, 0.4) is 0 Å². The number of hydrogen-bond acceptors (Lipinski definition) is 4. The van der Waals surface area contributed by atoms with E-state index >= 15 is 0 Å². The van der Waals surface area contributed by atoms with Gasteiger partial charge in [-0.05, 0) is 25.3 Å². The predicted octanol–water partition coefficient (Wildman–Crippen LogP) is 2.01. The molecule has 18 heavy (non-hydrogen) atoms. The Hall–Kier alpha value is -2.11. The van der Waals surface area contributed by atoms with Gasteiger partial charge in [-0.15, -0.1) is 0 Å². The lowest BCUT2D eigenvalue weighted by Gasteiger charge is -2.12. The van der Waals surface area contributed by atoms with E-state index in [9.17, 15) is 14.9 Å². The molecule has 1 N–H and O–H groups in total. The molecule has 0 heterocycles. The van der Waals surface area contributed by atoms with Crippen molar-refractivity contribution in [2.75, 3.05) is 7.11 Å². The molecule has 6 heteroatoms. The number of rotatable bonds is 5. The van der Waals surface area contributed by atoms with Gasteiger partial charge in [0.2, 0.25) is 0 Å². The molecule has 0 saturated heterocycles. The van der Waals surface area contributed by atoms with Gasteiger partial charge in [-0.25, -0.2) is 0 Å². The maximum absolute atomic E-state index is 11.1. The lowest BCUT2D eigenvalue weighted by molar-refractivity contribution is -0.384. The first-order chi connectivity index (χ1) is 8.48. The maximum Gasteiger partial charge on any atom is 0.309 e. The minimum absolute atomic E-state index is 0.0491. The average Bonchev–Trinajstić information content (AvgIpc) is 3.10. The fraction of sp³-hybridized carbons (Fsp3) is 0.417. The molecule has 1 fully saturated rings. The second kappa shape index (κ2) is 4.29. The summed E-state index contributed by atoms with van der Waals surface area (Å²) in [6, 6.07) is 4.25. The Morgan fingerprint density at radius 1 is 1.56 bits per heavy atom. The number of ether oxygens (including phenoxy) is 1. The normalized spacial score (nSPS) is 16.1. The van der Waals surface area contributed by atoms with Gasteiger partial charge < -0.3 is 9.84 Å². The SMILES string of the molecule is COc1ccc([N+](=O)[O-])cc1CC1(C(=O)O)CC1. The van der Waals surface area contributed by atoms with Crippen LogP contribution in [0.2, 0.25) is 0 Å². The molecule has 6 nitrogen and oxygen atoms in total. The van der Waals surface area contributed by atoms with E-state index in [0.717, 1.165) is 0 Å². The van der Waals surface area contributed by atoms with Gasteiger partial charge in [0, 0.05) is 17.7 Å². The summed E-state index contributed by atoms with van der Waals surface area (Å²) >= 11 is 0. The van der Waals surface area contributed by atoms with Crippen molar-refractivity contribution in [2.24, 2.45) is 5.41 Å². The van der Waals surface area contributed by atoms with E-state index in [2.05, 4.69) is 0 Å². The molecule has 1 aromatic carbocycles. The van der Waals surface area contributed by atoms with Crippen molar-refractivity contribution in [2.45, 2.75) is 19.3 Å². The van der Waals surface area contributed by atoms with Gasteiger partial charge in [0.25, 0.3) is 5.69 Å². The topological polar surface area (TPSA) is 89.7 Å². The van der Waals surface area contributed by atoms with E-state index in [-0.39, 0.29) is 12.1 Å². The Morgan fingerprint density at radius 2 is 2.22 bits per heavy atom. The van der Waals surface area contributed by atoms with Crippen LogP contribution >= 0.6 is 0 Å². The van der Waals surface area contributed by atoms with Crippen molar-refractivity contribution in [3.8, 4) is 5.75 Å². The first kappa shape index (κ1) is 12.3. The molecule has 2 rings (SSSR count). The van der Waals surface area contributed by atoms with Crippen LogP contribution in [0.25, 0.3) is 0 Å². The maximum atomic E-state index is 11.1. The number of nitrogens with zero attached hydrogens (tertiary/aromatic N) is 1. The van der Waals surface area contributed by atoms with Gasteiger partial charge in [-0.1, -0.05) is 0 Å². The quantitative estimate of drug-likeness (QED) is 0.638. The molecule has 0 aliphatic heterocycles. The molecule has 1 aliphatic carbocycles. The van der Waals surface area contributed by atoms with Crippen LogP contribution in [-0.2, 0) is 11.2 Å². The minimum Gasteiger partial charge on any atom is -0.496 e. The van der Waals surface area contributed by atoms with Gasteiger partial charge in [-0.3, -0.25) is 14.9 Å². The van der Waals surface area contributed by atoms with E-state index in [0.29, 0.717) is 24.2 Å². The number of carbonyl (C=O) groups is 1. The molecule has 1 aliphatic rings. The molecule has 0 bridgehead atoms. The van der Waals surface area contributed by atoms with Crippen molar-refractivity contribution in [3.05, 3.63) is 33.9 Å². The number of hydrogen-bond donors (Lipinski definition) is 1. The third kappa shape index (κ3) is 2.13. The molecule has 0 amide bonds. The lowest BCUT2D eigenvalue weighted by Crippen LogP contribution is -2.18. The minimum atomic E-state index is -0.851. The van der Waals surface area contributed by atoms with Crippen LogP contribution in [0.5, 0.6) is 5.75 Å². The molecule has 1 aromatic rings. The highest BCUT2D eigenvalue weighted by Gasteiger charge is 2.50. The van der Waals surface area contributed by atoms with Gasteiger partial charge >= 0.3 is 5.97 Å². The monoisotopic (exact) mass is 251 g/mol. The van der Waals surface area contributed by atoms with Crippen LogP contribution in [-0.4, -0.2) is 23.1 Å². The Balaban J connectivity index is 2.33. The molecule has 96 valence electrons. The number of benzene rings is 1. The van der Waals surface area contributed by atoms with E-state index < -0.39 is 16.3 Å². The molecule has 0 unspecified atom stereocenters. The van der Waals surface area contributed by atoms with Crippen LogP contribution in [0, 0.1) is 15.5 Å². The Labute approximate surface area is 103 Å². The summed E-state index contributed by atoms with van der Waals surface area (Å²) in [5.74, 6) is -0.357. The summed E-state index contributed by atoms with van der Waals surface area (Å²) in [6.07, 6.45) is 1.48. The lowest BCUT2D eigenvalue weighted by atomic mass is 9.95. The van der Waals surface area contributed by atoms with Crippen molar-refractivity contribution >= 4 is 11.7 Å². The zero-order valence-corrected chi connectivity index (χ0v) is 9.88. The van der Waals surface area contributed by atoms with Crippen LogP contribution in [0.1, 0.15) is 18.4 Å². The molecule has 0 atom stereocenters. The molecular weight excluding hydrogens is 238 g/mol. The van der Waals surface area contributed by atoms with E-state index in [4.69, 9.17) is 9.84 Å². The average molecular weight is 251 g/mol. The predicted molar refractivity (Wildman–Crippen MR) is 62.7 cm³/mol. The summed E-state index contributed by atoms with van der Waals surface area (Å²) < 4.78 is 5.12. The number of nitro groups is 1. The van der Waals surface area contributed by atoms with Crippen molar-refractivity contribution < 1.29 is 19.6 Å². The van der Waals surface area contributed by atoms with Crippen molar-refractivity contribution in [1.82, 2.24) is 0 Å². The number of methoxy groups -OCH3 is 1. The van der Waals surface area contributed by atoms with E-state index in [1.54, 1.807) is 0 Å². The van der Waals surface area contributed by atoms with Gasteiger partial charge in [0.05, 0.1) is 17.4 Å². The molecule has 0 spiro atoms. The number of aliphatic carboxylic acids is 1. The first-order valence-corrected chi connectivity index (χ1v) is 5.53. The smallest absolute Gasteiger partial charge is 0.309 e. The first-order valence-electron chi connectivity index (χ1n) is 5.53. The summed E-state index contributed by atoms with van der Waals surface area (Å²) in [5, 5.41) is 19.8. The Bertz CT molecular complexity index is 507. The second-order valence-corrected chi connectivity index (χ2v) is 4.52.